The van der Waals surface area contributed by atoms with E-state index in [0.717, 1.165) is 12.1 Å². The SMILES string of the molecule is C=C(C)N(C)C(C)/C=C\CC. The van der Waals surface area contributed by atoms with Crippen LogP contribution in [-0.2, 0) is 0 Å². The minimum atomic E-state index is 0.465. The first-order valence-electron chi connectivity index (χ1n) is 4.14. The number of hydrogen-bond acceptors (Lipinski definition) is 1. The molecule has 1 nitrogen and oxygen atoms in total. The van der Waals surface area contributed by atoms with Crippen LogP contribution in [0.5, 0.6) is 0 Å². The summed E-state index contributed by atoms with van der Waals surface area (Å²) in [5.74, 6) is 0. The average Bonchev–Trinajstić information content (AvgIpc) is 1.98. The predicted octanol–water partition coefficient (Wildman–Crippen LogP) is 2.81. The van der Waals surface area contributed by atoms with Gasteiger partial charge in [-0.05, 0) is 20.3 Å². The molecule has 0 bridgehead atoms. The average molecular weight is 153 g/mol. The lowest BCUT2D eigenvalue weighted by atomic mass is 10.2. The van der Waals surface area contributed by atoms with Crippen LogP contribution in [0.1, 0.15) is 27.2 Å². The molecule has 64 valence electrons. The van der Waals surface area contributed by atoms with Gasteiger partial charge in [0.1, 0.15) is 0 Å². The number of nitrogens with zero attached hydrogens (tertiary/aromatic N) is 1. The Morgan fingerprint density at radius 2 is 2.18 bits per heavy atom. The van der Waals surface area contributed by atoms with Crippen molar-refractivity contribution < 1.29 is 0 Å². The summed E-state index contributed by atoms with van der Waals surface area (Å²) in [6, 6.07) is 0.465. The Morgan fingerprint density at radius 1 is 1.64 bits per heavy atom. The first-order chi connectivity index (χ1) is 5.09. The molecular formula is C10H19N. The Bertz CT molecular complexity index is 147. The molecule has 0 aliphatic heterocycles. The topological polar surface area (TPSA) is 3.24 Å². The number of likely N-dealkylation sites (N-methyl/N-ethyl adjacent to an activating group) is 1. The van der Waals surface area contributed by atoms with Crippen LogP contribution in [0.3, 0.4) is 0 Å². The zero-order valence-electron chi connectivity index (χ0n) is 8.09. The van der Waals surface area contributed by atoms with Crippen LogP contribution < -0.4 is 0 Å². The van der Waals surface area contributed by atoms with E-state index in [4.69, 9.17) is 0 Å². The van der Waals surface area contributed by atoms with Gasteiger partial charge < -0.3 is 4.90 Å². The summed E-state index contributed by atoms with van der Waals surface area (Å²) in [7, 11) is 2.06. The highest BCUT2D eigenvalue weighted by molar-refractivity contribution is 4.98. The molecule has 1 heteroatoms. The number of hydrogen-bond donors (Lipinski definition) is 0. The molecule has 11 heavy (non-hydrogen) atoms. The summed E-state index contributed by atoms with van der Waals surface area (Å²) in [6.45, 7) is 10.2. The normalized spacial score (nSPS) is 13.5. The molecule has 0 aromatic heterocycles. The number of allylic oxidation sites excluding steroid dienone is 2. The first kappa shape index (κ1) is 10.3. The highest BCUT2D eigenvalue weighted by Crippen LogP contribution is 2.04. The monoisotopic (exact) mass is 153 g/mol. The highest BCUT2D eigenvalue weighted by Gasteiger charge is 2.02. The van der Waals surface area contributed by atoms with E-state index in [-0.39, 0.29) is 0 Å². The van der Waals surface area contributed by atoms with Crippen molar-refractivity contribution in [1.29, 1.82) is 0 Å². The summed E-state index contributed by atoms with van der Waals surface area (Å²) in [4.78, 5) is 2.16. The van der Waals surface area contributed by atoms with E-state index in [1.807, 2.05) is 6.92 Å². The molecule has 0 rings (SSSR count). The van der Waals surface area contributed by atoms with Crippen LogP contribution in [-0.4, -0.2) is 18.0 Å². The zero-order valence-corrected chi connectivity index (χ0v) is 8.09. The predicted molar refractivity (Wildman–Crippen MR) is 51.5 cm³/mol. The Hall–Kier alpha value is -0.720. The van der Waals surface area contributed by atoms with Gasteiger partial charge in [0.15, 0.2) is 0 Å². The van der Waals surface area contributed by atoms with Gasteiger partial charge in [0.25, 0.3) is 0 Å². The van der Waals surface area contributed by atoms with Gasteiger partial charge >= 0.3 is 0 Å². The minimum absolute atomic E-state index is 0.465. The third-order valence-corrected chi connectivity index (χ3v) is 1.86. The third kappa shape index (κ3) is 3.87. The number of rotatable bonds is 4. The summed E-state index contributed by atoms with van der Waals surface area (Å²) < 4.78 is 0. The van der Waals surface area contributed by atoms with Gasteiger partial charge in [-0.25, -0.2) is 0 Å². The van der Waals surface area contributed by atoms with Crippen molar-refractivity contribution in [3.05, 3.63) is 24.4 Å². The summed E-state index contributed by atoms with van der Waals surface area (Å²) in [6.07, 6.45) is 5.49. The van der Waals surface area contributed by atoms with Gasteiger partial charge in [-0.15, -0.1) is 0 Å². The molecule has 0 aliphatic rings. The Morgan fingerprint density at radius 3 is 2.55 bits per heavy atom. The van der Waals surface area contributed by atoms with E-state index in [1.165, 1.54) is 0 Å². The second-order valence-corrected chi connectivity index (χ2v) is 2.92. The van der Waals surface area contributed by atoms with Gasteiger partial charge in [-0.2, -0.15) is 0 Å². The smallest absolute Gasteiger partial charge is 0.0438 e. The van der Waals surface area contributed by atoms with Crippen molar-refractivity contribution in [1.82, 2.24) is 4.90 Å². The molecule has 1 atom stereocenters. The van der Waals surface area contributed by atoms with E-state index < -0.39 is 0 Å². The lowest BCUT2D eigenvalue weighted by molar-refractivity contribution is 0.375. The van der Waals surface area contributed by atoms with E-state index in [1.54, 1.807) is 0 Å². The minimum Gasteiger partial charge on any atom is -0.372 e. The fourth-order valence-corrected chi connectivity index (χ4v) is 0.810. The molecule has 0 saturated heterocycles. The molecule has 0 spiro atoms. The van der Waals surface area contributed by atoms with Crippen molar-refractivity contribution in [3.63, 3.8) is 0 Å². The molecule has 0 aliphatic carbocycles. The quantitative estimate of drug-likeness (QED) is 0.561. The van der Waals surface area contributed by atoms with Crippen LogP contribution in [0.15, 0.2) is 24.4 Å². The van der Waals surface area contributed by atoms with Gasteiger partial charge in [-0.3, -0.25) is 0 Å². The molecule has 0 heterocycles. The van der Waals surface area contributed by atoms with Crippen molar-refractivity contribution in [2.45, 2.75) is 33.2 Å². The van der Waals surface area contributed by atoms with Crippen LogP contribution in [0.25, 0.3) is 0 Å². The molecule has 0 aromatic carbocycles. The standard InChI is InChI=1S/C10H19N/c1-6-7-8-10(4)11(5)9(2)3/h7-8,10H,2,6H2,1,3-5H3/b8-7-. The van der Waals surface area contributed by atoms with Gasteiger partial charge in [-0.1, -0.05) is 25.7 Å². The molecule has 1 unspecified atom stereocenters. The Balaban J connectivity index is 3.91. The first-order valence-corrected chi connectivity index (χ1v) is 4.14. The molecule has 0 amide bonds. The van der Waals surface area contributed by atoms with E-state index in [2.05, 4.69) is 44.5 Å². The van der Waals surface area contributed by atoms with Crippen LogP contribution in [0, 0.1) is 0 Å². The van der Waals surface area contributed by atoms with E-state index in [0.29, 0.717) is 6.04 Å². The second-order valence-electron chi connectivity index (χ2n) is 2.92. The molecule has 0 radical (unpaired) electrons. The van der Waals surface area contributed by atoms with Crippen molar-refractivity contribution in [2.75, 3.05) is 7.05 Å². The van der Waals surface area contributed by atoms with Crippen molar-refractivity contribution in [2.24, 2.45) is 0 Å². The Labute approximate surface area is 70.4 Å². The molecular weight excluding hydrogens is 134 g/mol. The second kappa shape index (κ2) is 5.00. The van der Waals surface area contributed by atoms with Gasteiger partial charge in [0, 0.05) is 18.8 Å². The molecule has 0 fully saturated rings. The molecule has 0 saturated carbocycles. The van der Waals surface area contributed by atoms with Crippen molar-refractivity contribution >= 4 is 0 Å². The van der Waals surface area contributed by atoms with Gasteiger partial charge in [0.05, 0.1) is 0 Å². The van der Waals surface area contributed by atoms with Gasteiger partial charge in [0.2, 0.25) is 0 Å². The van der Waals surface area contributed by atoms with Crippen molar-refractivity contribution in [3.8, 4) is 0 Å². The lowest BCUT2D eigenvalue weighted by Crippen LogP contribution is -2.24. The molecule has 0 N–H and O–H groups in total. The third-order valence-electron chi connectivity index (χ3n) is 1.86. The van der Waals surface area contributed by atoms with Crippen LogP contribution in [0.4, 0.5) is 0 Å². The summed E-state index contributed by atoms with van der Waals surface area (Å²) >= 11 is 0. The molecule has 0 aromatic rings. The maximum Gasteiger partial charge on any atom is 0.0438 e. The highest BCUT2D eigenvalue weighted by atomic mass is 15.1. The summed E-state index contributed by atoms with van der Waals surface area (Å²) in [5.41, 5.74) is 1.11. The maximum atomic E-state index is 3.88. The van der Waals surface area contributed by atoms with Crippen LogP contribution >= 0.6 is 0 Å². The lowest BCUT2D eigenvalue weighted by Gasteiger charge is -2.24. The fourth-order valence-electron chi connectivity index (χ4n) is 0.810. The van der Waals surface area contributed by atoms with E-state index in [9.17, 15) is 0 Å². The van der Waals surface area contributed by atoms with Crippen LogP contribution in [0.2, 0.25) is 0 Å². The Kier molecular flexibility index (Phi) is 4.67. The fraction of sp³-hybridized carbons (Fsp3) is 0.600. The largest absolute Gasteiger partial charge is 0.372 e. The summed E-state index contributed by atoms with van der Waals surface area (Å²) in [5, 5.41) is 0. The zero-order chi connectivity index (χ0) is 8.85. The maximum absolute atomic E-state index is 3.88. The van der Waals surface area contributed by atoms with E-state index >= 15 is 0 Å².